The van der Waals surface area contributed by atoms with Gasteiger partial charge in [0, 0.05) is 45.2 Å². The summed E-state index contributed by atoms with van der Waals surface area (Å²) in [5.41, 5.74) is -0.556. The van der Waals surface area contributed by atoms with Crippen LogP contribution in [0.15, 0.2) is 42.5 Å². The summed E-state index contributed by atoms with van der Waals surface area (Å²) >= 11 is 0. The summed E-state index contributed by atoms with van der Waals surface area (Å²) in [5.74, 6) is 0.0194. The topological polar surface area (TPSA) is 114 Å². The van der Waals surface area contributed by atoms with Crippen molar-refractivity contribution < 1.29 is 24.0 Å². The summed E-state index contributed by atoms with van der Waals surface area (Å²) in [6, 6.07) is 10.7. The molecule has 10 heteroatoms. The van der Waals surface area contributed by atoms with Gasteiger partial charge in [0.05, 0.1) is 10.6 Å². The molecule has 1 heterocycles. The van der Waals surface area contributed by atoms with Crippen molar-refractivity contribution >= 4 is 29.1 Å². The van der Waals surface area contributed by atoms with Gasteiger partial charge in [-0.2, -0.15) is 0 Å². The van der Waals surface area contributed by atoms with Crippen LogP contribution in [0.25, 0.3) is 0 Å². The third-order valence-corrected chi connectivity index (χ3v) is 4.80. The van der Waals surface area contributed by atoms with Crippen LogP contribution in [0.5, 0.6) is 11.5 Å². The molecule has 0 aromatic heterocycles. The zero-order chi connectivity index (χ0) is 24.2. The van der Waals surface area contributed by atoms with Crippen molar-refractivity contribution in [1.29, 1.82) is 0 Å². The number of nitro groups is 1. The minimum atomic E-state index is -0.583. The third kappa shape index (κ3) is 5.98. The van der Waals surface area contributed by atoms with E-state index < -0.39 is 22.5 Å². The highest BCUT2D eigenvalue weighted by Crippen LogP contribution is 2.41. The molecule has 0 bridgehead atoms. The zero-order valence-electron chi connectivity index (χ0n) is 19.2. The largest absolute Gasteiger partial charge is 0.486 e. The Labute approximate surface area is 192 Å². The van der Waals surface area contributed by atoms with E-state index >= 15 is 0 Å². The zero-order valence-corrected chi connectivity index (χ0v) is 19.2. The van der Waals surface area contributed by atoms with Crippen molar-refractivity contribution in [2.45, 2.75) is 33.3 Å². The van der Waals surface area contributed by atoms with Gasteiger partial charge in [-0.25, -0.2) is 4.79 Å². The molecular formula is C23H28N4O6. The normalized spacial score (nSPS) is 13.9. The monoisotopic (exact) mass is 456 g/mol. The number of para-hydroxylation sites is 2. The second kappa shape index (κ2) is 9.86. The molecular weight excluding hydrogens is 428 g/mol. The van der Waals surface area contributed by atoms with Gasteiger partial charge in [-0.05, 0) is 39.0 Å². The minimum Gasteiger partial charge on any atom is -0.486 e. The molecule has 0 spiro atoms. The number of rotatable bonds is 5. The van der Waals surface area contributed by atoms with E-state index in [9.17, 15) is 19.7 Å². The SMILES string of the molecule is CC(=O)N(c1ccccc1OC(C)(C)C)c1cc(OC(=O)N2CCNCC2)ccc1[N+](=O)[O-]. The molecule has 0 atom stereocenters. The quantitative estimate of drug-likeness (QED) is 0.537. The van der Waals surface area contributed by atoms with Crippen molar-refractivity contribution in [3.8, 4) is 11.5 Å². The lowest BCUT2D eigenvalue weighted by Gasteiger charge is -2.28. The fourth-order valence-electron chi connectivity index (χ4n) is 3.44. The maximum Gasteiger partial charge on any atom is 0.415 e. The second-order valence-electron chi connectivity index (χ2n) is 8.55. The highest BCUT2D eigenvalue weighted by atomic mass is 16.6. The average Bonchev–Trinajstić information content (AvgIpc) is 2.74. The Balaban J connectivity index is 2.04. The molecule has 3 rings (SSSR count). The van der Waals surface area contributed by atoms with Crippen molar-refractivity contribution in [2.24, 2.45) is 0 Å². The number of hydrogen-bond acceptors (Lipinski definition) is 7. The summed E-state index contributed by atoms with van der Waals surface area (Å²) in [4.78, 5) is 39.2. The van der Waals surface area contributed by atoms with E-state index in [1.54, 1.807) is 29.2 Å². The van der Waals surface area contributed by atoms with Crippen LogP contribution in [-0.4, -0.2) is 53.6 Å². The first-order valence-corrected chi connectivity index (χ1v) is 10.6. The maximum absolute atomic E-state index is 12.7. The van der Waals surface area contributed by atoms with Gasteiger partial charge in [0.2, 0.25) is 5.91 Å². The lowest BCUT2D eigenvalue weighted by atomic mass is 10.1. The van der Waals surface area contributed by atoms with Crippen LogP contribution in [0, 0.1) is 10.1 Å². The number of ether oxygens (including phenoxy) is 2. The molecule has 176 valence electrons. The molecule has 10 nitrogen and oxygen atoms in total. The Morgan fingerprint density at radius 1 is 1.09 bits per heavy atom. The van der Waals surface area contributed by atoms with E-state index in [0.717, 1.165) is 0 Å². The number of nitrogens with one attached hydrogen (secondary N) is 1. The molecule has 1 saturated heterocycles. The van der Waals surface area contributed by atoms with Crippen LogP contribution in [0.1, 0.15) is 27.7 Å². The highest BCUT2D eigenvalue weighted by molar-refractivity contribution is 6.02. The first kappa shape index (κ1) is 24.0. The lowest BCUT2D eigenvalue weighted by Crippen LogP contribution is -2.47. The summed E-state index contributed by atoms with van der Waals surface area (Å²) in [6.45, 7) is 9.19. The van der Waals surface area contributed by atoms with Gasteiger partial charge in [0.15, 0.2) is 0 Å². The van der Waals surface area contributed by atoms with Crippen molar-refractivity contribution in [3.63, 3.8) is 0 Å². The van der Waals surface area contributed by atoms with Crippen LogP contribution >= 0.6 is 0 Å². The second-order valence-corrected chi connectivity index (χ2v) is 8.55. The summed E-state index contributed by atoms with van der Waals surface area (Å²) in [5, 5.41) is 14.9. The molecule has 1 fully saturated rings. The molecule has 1 N–H and O–H groups in total. The first-order chi connectivity index (χ1) is 15.6. The van der Waals surface area contributed by atoms with Crippen LogP contribution in [0.4, 0.5) is 21.9 Å². The van der Waals surface area contributed by atoms with Gasteiger partial charge in [0.25, 0.3) is 5.69 Å². The number of piperazine rings is 1. The Kier molecular flexibility index (Phi) is 7.17. The van der Waals surface area contributed by atoms with Gasteiger partial charge >= 0.3 is 6.09 Å². The fourth-order valence-corrected chi connectivity index (χ4v) is 3.44. The Bertz CT molecular complexity index is 1040. The van der Waals surface area contributed by atoms with Gasteiger partial charge in [0.1, 0.15) is 22.8 Å². The molecule has 2 amide bonds. The molecule has 0 saturated carbocycles. The van der Waals surface area contributed by atoms with E-state index in [1.165, 1.54) is 30.0 Å². The smallest absolute Gasteiger partial charge is 0.415 e. The molecule has 33 heavy (non-hydrogen) atoms. The predicted octanol–water partition coefficient (Wildman–Crippen LogP) is 3.86. The van der Waals surface area contributed by atoms with E-state index in [4.69, 9.17) is 9.47 Å². The average molecular weight is 456 g/mol. The van der Waals surface area contributed by atoms with E-state index in [1.807, 2.05) is 20.8 Å². The number of anilines is 2. The summed E-state index contributed by atoms with van der Waals surface area (Å²) in [7, 11) is 0. The maximum atomic E-state index is 12.7. The van der Waals surface area contributed by atoms with Crippen molar-refractivity contribution in [2.75, 3.05) is 31.1 Å². The summed E-state index contributed by atoms with van der Waals surface area (Å²) < 4.78 is 11.5. The Hall–Kier alpha value is -3.66. The van der Waals surface area contributed by atoms with Crippen LogP contribution in [0.2, 0.25) is 0 Å². The molecule has 2 aromatic rings. The number of hydrogen-bond donors (Lipinski definition) is 1. The lowest BCUT2D eigenvalue weighted by molar-refractivity contribution is -0.384. The fraction of sp³-hybridized carbons (Fsp3) is 0.391. The molecule has 2 aromatic carbocycles. The van der Waals surface area contributed by atoms with Gasteiger partial charge in [-0.15, -0.1) is 0 Å². The van der Waals surface area contributed by atoms with Gasteiger partial charge in [-0.3, -0.25) is 19.8 Å². The Morgan fingerprint density at radius 2 is 1.76 bits per heavy atom. The van der Waals surface area contributed by atoms with E-state index in [0.29, 0.717) is 37.6 Å². The van der Waals surface area contributed by atoms with Gasteiger partial charge < -0.3 is 19.7 Å². The predicted molar refractivity (Wildman–Crippen MR) is 123 cm³/mol. The molecule has 1 aliphatic rings. The van der Waals surface area contributed by atoms with Crippen molar-refractivity contribution in [3.05, 3.63) is 52.6 Å². The number of benzene rings is 2. The molecule has 0 unspecified atom stereocenters. The third-order valence-electron chi connectivity index (χ3n) is 4.80. The number of carbonyl (C=O) groups is 2. The minimum absolute atomic E-state index is 0.0249. The number of amides is 2. The summed E-state index contributed by atoms with van der Waals surface area (Å²) in [6.07, 6.45) is -0.554. The Morgan fingerprint density at radius 3 is 2.36 bits per heavy atom. The van der Waals surface area contributed by atoms with E-state index in [2.05, 4.69) is 5.32 Å². The van der Waals surface area contributed by atoms with Crippen molar-refractivity contribution in [1.82, 2.24) is 10.2 Å². The number of nitro benzene ring substituents is 1. The number of nitrogens with zero attached hydrogens (tertiary/aromatic N) is 3. The standard InChI is InChI=1S/C23H28N4O6/c1-16(28)26(19-7-5-6-8-21(19)33-23(2,3)4)20-15-17(9-10-18(20)27(30)31)32-22(29)25-13-11-24-12-14-25/h5-10,15,24H,11-14H2,1-4H3. The molecule has 0 aliphatic carbocycles. The van der Waals surface area contributed by atoms with Gasteiger partial charge in [-0.1, -0.05) is 12.1 Å². The van der Waals surface area contributed by atoms with E-state index in [-0.39, 0.29) is 17.1 Å². The van der Waals surface area contributed by atoms with Crippen LogP contribution in [-0.2, 0) is 4.79 Å². The van der Waals surface area contributed by atoms with Crippen LogP contribution < -0.4 is 19.7 Å². The molecule has 1 aliphatic heterocycles. The van der Waals surface area contributed by atoms with Crippen LogP contribution in [0.3, 0.4) is 0 Å². The highest BCUT2D eigenvalue weighted by Gasteiger charge is 2.29. The molecule has 0 radical (unpaired) electrons. The number of carbonyl (C=O) groups excluding carboxylic acids is 2. The first-order valence-electron chi connectivity index (χ1n) is 10.6.